The number of hydrogen-bond acceptors (Lipinski definition) is 4. The number of piperidine rings is 1. The lowest BCUT2D eigenvalue weighted by molar-refractivity contribution is -0.143. The molecule has 0 radical (unpaired) electrons. The minimum absolute atomic E-state index is 0.0727. The third kappa shape index (κ3) is 5.61. The molecule has 0 aromatic heterocycles. The summed E-state index contributed by atoms with van der Waals surface area (Å²) in [6.07, 6.45) is -10.6. The Balaban J connectivity index is 1.89. The fourth-order valence-corrected chi connectivity index (χ4v) is 4.00. The second kappa shape index (κ2) is 9.31. The van der Waals surface area contributed by atoms with Gasteiger partial charge in [-0.25, -0.2) is 0 Å². The van der Waals surface area contributed by atoms with Gasteiger partial charge in [0, 0.05) is 6.54 Å². The standard InChI is InChI=1S/C24H25F6NO3/c1-15(17-10-19(23(25,26)27)12-20(11-17)24(28,29)30)34-14-21(18-6-4-3-5-7-18)8-9-22(33,13-31-21)16(2)32/h3-7,10-12,15,31,33H,8-9,13-14H2,1-2H3. The number of carbonyl (C=O) groups excluding carboxylic acids is 1. The van der Waals surface area contributed by atoms with E-state index < -0.39 is 46.5 Å². The van der Waals surface area contributed by atoms with E-state index in [1.165, 1.54) is 13.8 Å². The lowest BCUT2D eigenvalue weighted by Gasteiger charge is -2.44. The fraction of sp³-hybridized carbons (Fsp3) is 0.458. The molecule has 2 aromatic carbocycles. The van der Waals surface area contributed by atoms with E-state index >= 15 is 0 Å². The normalized spacial score (nSPS) is 24.6. The topological polar surface area (TPSA) is 58.6 Å². The average molecular weight is 489 g/mol. The van der Waals surface area contributed by atoms with Gasteiger partial charge in [-0.15, -0.1) is 0 Å². The van der Waals surface area contributed by atoms with Gasteiger partial charge in [0.25, 0.3) is 0 Å². The number of aliphatic hydroxyl groups is 1. The van der Waals surface area contributed by atoms with E-state index in [4.69, 9.17) is 4.74 Å². The molecule has 2 aromatic rings. The maximum Gasteiger partial charge on any atom is 0.416 e. The van der Waals surface area contributed by atoms with E-state index in [-0.39, 0.29) is 37.6 Å². The monoisotopic (exact) mass is 489 g/mol. The van der Waals surface area contributed by atoms with Gasteiger partial charge in [-0.2, -0.15) is 26.3 Å². The van der Waals surface area contributed by atoms with Crippen molar-refractivity contribution in [2.45, 2.75) is 56.3 Å². The minimum Gasteiger partial charge on any atom is -0.381 e. The molecule has 3 atom stereocenters. The van der Waals surface area contributed by atoms with Crippen molar-refractivity contribution < 1.29 is 41.0 Å². The molecule has 186 valence electrons. The van der Waals surface area contributed by atoms with Gasteiger partial charge in [0.2, 0.25) is 0 Å². The van der Waals surface area contributed by atoms with Crippen LogP contribution in [0.2, 0.25) is 0 Å². The van der Waals surface area contributed by atoms with Crippen molar-refractivity contribution in [3.05, 3.63) is 70.8 Å². The summed E-state index contributed by atoms with van der Waals surface area (Å²) < 4.78 is 85.2. The van der Waals surface area contributed by atoms with Gasteiger partial charge in [-0.1, -0.05) is 30.3 Å². The van der Waals surface area contributed by atoms with Gasteiger partial charge in [-0.05, 0) is 56.0 Å². The number of carbonyl (C=O) groups is 1. The molecular weight excluding hydrogens is 464 g/mol. The molecule has 1 saturated heterocycles. The van der Waals surface area contributed by atoms with Gasteiger partial charge in [0.05, 0.1) is 29.4 Å². The third-order valence-corrected chi connectivity index (χ3v) is 6.33. The summed E-state index contributed by atoms with van der Waals surface area (Å²) in [4.78, 5) is 11.8. The van der Waals surface area contributed by atoms with Crippen LogP contribution in [-0.2, 0) is 27.4 Å². The quantitative estimate of drug-likeness (QED) is 0.534. The Morgan fingerprint density at radius 1 is 1.03 bits per heavy atom. The largest absolute Gasteiger partial charge is 0.416 e. The molecule has 0 bridgehead atoms. The molecule has 0 amide bonds. The SMILES string of the molecule is CC(=O)C1(O)CCC(COC(C)c2cc(C(F)(F)F)cc(C(F)(F)F)c2)(c2ccccc2)NC1. The number of rotatable bonds is 6. The van der Waals surface area contributed by atoms with Crippen molar-refractivity contribution in [1.29, 1.82) is 0 Å². The number of β-amino-alcohol motifs (C(OH)–C–C–N with tert-alkyl or cyclic N) is 1. The number of benzene rings is 2. The van der Waals surface area contributed by atoms with Crippen molar-refractivity contribution in [3.63, 3.8) is 0 Å². The predicted octanol–water partition coefficient (Wildman–Crippen LogP) is 5.40. The molecule has 0 spiro atoms. The van der Waals surface area contributed by atoms with Crippen molar-refractivity contribution in [3.8, 4) is 0 Å². The van der Waals surface area contributed by atoms with Crippen LogP contribution < -0.4 is 5.32 Å². The highest BCUT2D eigenvalue weighted by Crippen LogP contribution is 2.39. The van der Waals surface area contributed by atoms with Crippen molar-refractivity contribution >= 4 is 5.78 Å². The molecule has 1 aliphatic heterocycles. The Hall–Kier alpha value is -2.43. The summed E-state index contributed by atoms with van der Waals surface area (Å²) in [6.45, 7) is 2.48. The fourth-order valence-electron chi connectivity index (χ4n) is 4.00. The molecule has 10 heteroatoms. The van der Waals surface area contributed by atoms with E-state index in [2.05, 4.69) is 5.32 Å². The molecule has 0 aliphatic carbocycles. The van der Waals surface area contributed by atoms with E-state index in [1.807, 2.05) is 0 Å². The van der Waals surface area contributed by atoms with Crippen molar-refractivity contribution in [2.24, 2.45) is 0 Å². The van der Waals surface area contributed by atoms with Crippen molar-refractivity contribution in [2.75, 3.05) is 13.2 Å². The molecule has 0 saturated carbocycles. The predicted molar refractivity (Wildman–Crippen MR) is 112 cm³/mol. The van der Waals surface area contributed by atoms with Crippen LogP contribution >= 0.6 is 0 Å². The Labute approximate surface area is 192 Å². The summed E-state index contributed by atoms with van der Waals surface area (Å²) >= 11 is 0. The van der Waals surface area contributed by atoms with E-state index in [1.54, 1.807) is 30.3 Å². The maximum absolute atomic E-state index is 13.2. The van der Waals surface area contributed by atoms with E-state index in [0.717, 1.165) is 5.56 Å². The van der Waals surface area contributed by atoms with E-state index in [9.17, 15) is 36.2 Å². The first-order valence-corrected chi connectivity index (χ1v) is 10.6. The lowest BCUT2D eigenvalue weighted by atomic mass is 9.76. The molecule has 1 aliphatic rings. The number of nitrogens with one attached hydrogen (secondary N) is 1. The van der Waals surface area contributed by atoms with Gasteiger partial charge < -0.3 is 15.2 Å². The molecule has 3 rings (SSSR count). The second-order valence-corrected chi connectivity index (χ2v) is 8.68. The van der Waals surface area contributed by atoms with Crippen molar-refractivity contribution in [1.82, 2.24) is 5.32 Å². The van der Waals surface area contributed by atoms with Gasteiger partial charge in [-0.3, -0.25) is 4.79 Å². The molecule has 4 nitrogen and oxygen atoms in total. The van der Waals surface area contributed by atoms with Crippen LogP contribution in [0.15, 0.2) is 48.5 Å². The highest BCUT2D eigenvalue weighted by Gasteiger charge is 2.45. The van der Waals surface area contributed by atoms with Gasteiger partial charge in [0.15, 0.2) is 5.78 Å². The molecule has 1 heterocycles. The summed E-state index contributed by atoms with van der Waals surface area (Å²) in [5.74, 6) is -0.403. The summed E-state index contributed by atoms with van der Waals surface area (Å²) in [5.41, 5.74) is -4.78. The first kappa shape index (κ1) is 26.2. The molecule has 1 fully saturated rings. The zero-order valence-corrected chi connectivity index (χ0v) is 18.6. The Morgan fingerprint density at radius 3 is 2.03 bits per heavy atom. The Bertz CT molecular complexity index is 979. The Kier molecular flexibility index (Phi) is 7.17. The van der Waals surface area contributed by atoms with Crippen LogP contribution in [0.25, 0.3) is 0 Å². The van der Waals surface area contributed by atoms with Crippen LogP contribution in [-0.4, -0.2) is 29.6 Å². The summed E-state index contributed by atoms with van der Waals surface area (Å²) in [6, 6.07) is 10.3. The van der Waals surface area contributed by atoms with Crippen LogP contribution in [0.3, 0.4) is 0 Å². The first-order valence-electron chi connectivity index (χ1n) is 10.6. The highest BCUT2D eigenvalue weighted by molar-refractivity contribution is 5.85. The zero-order valence-electron chi connectivity index (χ0n) is 18.6. The molecule has 34 heavy (non-hydrogen) atoms. The maximum atomic E-state index is 13.2. The minimum atomic E-state index is -4.96. The second-order valence-electron chi connectivity index (χ2n) is 8.68. The Morgan fingerprint density at radius 2 is 1.59 bits per heavy atom. The van der Waals surface area contributed by atoms with E-state index in [0.29, 0.717) is 12.1 Å². The number of halogens is 6. The van der Waals surface area contributed by atoms with Crippen LogP contribution in [0, 0.1) is 0 Å². The molecule has 3 unspecified atom stereocenters. The summed E-state index contributed by atoms with van der Waals surface area (Å²) in [5, 5.41) is 13.7. The smallest absolute Gasteiger partial charge is 0.381 e. The lowest BCUT2D eigenvalue weighted by Crippen LogP contribution is -2.60. The first-order chi connectivity index (χ1) is 15.7. The highest BCUT2D eigenvalue weighted by atomic mass is 19.4. The molecular formula is C24H25F6NO3. The van der Waals surface area contributed by atoms with Gasteiger partial charge >= 0.3 is 12.4 Å². The number of Topliss-reactive ketones (excluding diaryl/α,β-unsaturated/α-hetero) is 1. The van der Waals surface area contributed by atoms with Gasteiger partial charge in [0.1, 0.15) is 5.60 Å². The number of alkyl halides is 6. The number of ketones is 1. The zero-order chi connectivity index (χ0) is 25.4. The van der Waals surface area contributed by atoms with Crippen LogP contribution in [0.5, 0.6) is 0 Å². The third-order valence-electron chi connectivity index (χ3n) is 6.33. The molecule has 2 N–H and O–H groups in total. The number of hydrogen-bond donors (Lipinski definition) is 2. The number of ether oxygens (including phenoxy) is 1. The average Bonchev–Trinajstić information content (AvgIpc) is 2.78. The van der Waals surface area contributed by atoms with Crippen LogP contribution in [0.4, 0.5) is 26.3 Å². The van der Waals surface area contributed by atoms with Crippen LogP contribution in [0.1, 0.15) is 55.0 Å². The summed E-state index contributed by atoms with van der Waals surface area (Å²) in [7, 11) is 0.